The molecule has 1 heterocycles. The number of esters is 1. The lowest BCUT2D eigenvalue weighted by Gasteiger charge is -2.15. The Kier molecular flexibility index (Phi) is 4.83. The van der Waals surface area contributed by atoms with Crippen LogP contribution in [0.1, 0.15) is 42.3 Å². The number of halogens is 3. The summed E-state index contributed by atoms with van der Waals surface area (Å²) in [5, 5.41) is 3.85. The van der Waals surface area contributed by atoms with Gasteiger partial charge in [-0.1, -0.05) is 12.1 Å². The standard InChI is InChI=1S/C18H19F3N2O2/c1-2-25-16(24)11-12-7-9-13(10-8-12)23-15-6-4-3-5-14(15)17(22-23)18(19,20)21/h7-10H,2-6,11H2,1H3. The van der Waals surface area contributed by atoms with Crippen molar-refractivity contribution in [3.8, 4) is 5.69 Å². The number of carbonyl (C=O) groups is 1. The second kappa shape index (κ2) is 6.90. The first-order chi connectivity index (χ1) is 11.9. The Morgan fingerprint density at radius 1 is 1.20 bits per heavy atom. The molecule has 0 saturated carbocycles. The number of rotatable bonds is 4. The molecule has 1 aromatic heterocycles. The third kappa shape index (κ3) is 3.70. The van der Waals surface area contributed by atoms with Gasteiger partial charge >= 0.3 is 12.1 Å². The molecule has 2 aromatic rings. The molecule has 0 saturated heterocycles. The first kappa shape index (κ1) is 17.5. The lowest BCUT2D eigenvalue weighted by molar-refractivity contribution is -0.143. The molecule has 3 rings (SSSR count). The van der Waals surface area contributed by atoms with Crippen LogP contribution in [0.15, 0.2) is 24.3 Å². The number of benzene rings is 1. The van der Waals surface area contributed by atoms with E-state index in [1.807, 2.05) is 0 Å². The van der Waals surface area contributed by atoms with E-state index in [0.29, 0.717) is 36.4 Å². The fourth-order valence-corrected chi connectivity index (χ4v) is 3.17. The Bertz CT molecular complexity index is 764. The molecule has 0 spiro atoms. The maximum absolute atomic E-state index is 13.3. The van der Waals surface area contributed by atoms with Gasteiger partial charge in [-0.2, -0.15) is 18.3 Å². The van der Waals surface area contributed by atoms with Crippen LogP contribution in [-0.4, -0.2) is 22.4 Å². The van der Waals surface area contributed by atoms with Gasteiger partial charge in [0.1, 0.15) is 0 Å². The highest BCUT2D eigenvalue weighted by Gasteiger charge is 2.39. The number of hydrogen-bond acceptors (Lipinski definition) is 3. The smallest absolute Gasteiger partial charge is 0.435 e. The van der Waals surface area contributed by atoms with Crippen LogP contribution >= 0.6 is 0 Å². The summed E-state index contributed by atoms with van der Waals surface area (Å²) in [5.41, 5.74) is 1.49. The SMILES string of the molecule is CCOC(=O)Cc1ccc(-n2nc(C(F)(F)F)c3c2CCCC3)cc1. The van der Waals surface area contributed by atoms with Crippen LogP contribution < -0.4 is 0 Å². The average Bonchev–Trinajstić information content (AvgIpc) is 2.96. The van der Waals surface area contributed by atoms with Crippen LogP contribution in [0.2, 0.25) is 0 Å². The summed E-state index contributed by atoms with van der Waals surface area (Å²) < 4.78 is 46.1. The Hall–Kier alpha value is -2.31. The highest BCUT2D eigenvalue weighted by atomic mass is 19.4. The normalized spacial score (nSPS) is 14.2. The van der Waals surface area contributed by atoms with Gasteiger partial charge < -0.3 is 4.74 Å². The van der Waals surface area contributed by atoms with Crippen LogP contribution in [-0.2, 0) is 35.0 Å². The Balaban J connectivity index is 1.91. The third-order valence-corrected chi connectivity index (χ3v) is 4.28. The first-order valence-electron chi connectivity index (χ1n) is 8.33. The second-order valence-corrected chi connectivity index (χ2v) is 6.04. The maximum atomic E-state index is 13.3. The van der Waals surface area contributed by atoms with Gasteiger partial charge in [-0.15, -0.1) is 0 Å². The van der Waals surface area contributed by atoms with Crippen LogP contribution in [0.3, 0.4) is 0 Å². The van der Waals surface area contributed by atoms with E-state index >= 15 is 0 Å². The molecule has 0 aliphatic heterocycles. The summed E-state index contributed by atoms with van der Waals surface area (Å²) in [6.07, 6.45) is -1.71. The van der Waals surface area contributed by atoms with E-state index in [4.69, 9.17) is 4.74 Å². The highest BCUT2D eigenvalue weighted by molar-refractivity contribution is 5.72. The fraction of sp³-hybridized carbons (Fsp3) is 0.444. The van der Waals surface area contributed by atoms with Crippen molar-refractivity contribution >= 4 is 5.97 Å². The molecule has 0 N–H and O–H groups in total. The average molecular weight is 352 g/mol. The molecule has 0 amide bonds. The van der Waals surface area contributed by atoms with Crippen LogP contribution in [0, 0.1) is 0 Å². The van der Waals surface area contributed by atoms with E-state index in [9.17, 15) is 18.0 Å². The summed E-state index contributed by atoms with van der Waals surface area (Å²) in [6, 6.07) is 6.82. The zero-order valence-electron chi connectivity index (χ0n) is 13.9. The summed E-state index contributed by atoms with van der Waals surface area (Å²) in [4.78, 5) is 11.5. The summed E-state index contributed by atoms with van der Waals surface area (Å²) in [7, 11) is 0. The topological polar surface area (TPSA) is 44.1 Å². The Morgan fingerprint density at radius 2 is 1.88 bits per heavy atom. The summed E-state index contributed by atoms with van der Waals surface area (Å²) in [5.74, 6) is -0.328. The van der Waals surface area contributed by atoms with Crippen molar-refractivity contribution in [2.75, 3.05) is 6.61 Å². The van der Waals surface area contributed by atoms with Gasteiger partial charge in [0.05, 0.1) is 18.7 Å². The molecule has 0 radical (unpaired) electrons. The van der Waals surface area contributed by atoms with Crippen LogP contribution in [0.25, 0.3) is 5.69 Å². The minimum atomic E-state index is -4.45. The summed E-state index contributed by atoms with van der Waals surface area (Å²) in [6.45, 7) is 2.05. The van der Waals surface area contributed by atoms with Gasteiger partial charge in [0, 0.05) is 11.3 Å². The number of fused-ring (bicyclic) bond motifs is 1. The molecule has 4 nitrogen and oxygen atoms in total. The number of hydrogen-bond donors (Lipinski definition) is 0. The minimum Gasteiger partial charge on any atom is -0.466 e. The summed E-state index contributed by atoms with van der Waals surface area (Å²) >= 11 is 0. The highest BCUT2D eigenvalue weighted by Crippen LogP contribution is 2.36. The third-order valence-electron chi connectivity index (χ3n) is 4.28. The lowest BCUT2D eigenvalue weighted by Crippen LogP contribution is -2.11. The van der Waals surface area contributed by atoms with Crippen molar-refractivity contribution in [3.63, 3.8) is 0 Å². The monoisotopic (exact) mass is 352 g/mol. The van der Waals surface area contributed by atoms with Gasteiger partial charge in [0.15, 0.2) is 5.69 Å². The van der Waals surface area contributed by atoms with Crippen molar-refractivity contribution in [1.82, 2.24) is 9.78 Å². The Labute approximate surface area is 143 Å². The zero-order valence-corrected chi connectivity index (χ0v) is 13.9. The van der Waals surface area contributed by atoms with Gasteiger partial charge in [0.2, 0.25) is 0 Å². The number of carbonyl (C=O) groups excluding carboxylic acids is 1. The van der Waals surface area contributed by atoms with Crippen molar-refractivity contribution < 1.29 is 22.7 Å². The molecule has 0 bridgehead atoms. The van der Waals surface area contributed by atoms with E-state index in [1.54, 1.807) is 31.2 Å². The number of aromatic nitrogens is 2. The van der Waals surface area contributed by atoms with Crippen molar-refractivity contribution in [1.29, 1.82) is 0 Å². The predicted octanol–water partition coefficient (Wildman–Crippen LogP) is 3.88. The number of ether oxygens (including phenoxy) is 1. The first-order valence-corrected chi connectivity index (χ1v) is 8.33. The molecule has 25 heavy (non-hydrogen) atoms. The maximum Gasteiger partial charge on any atom is 0.435 e. The Morgan fingerprint density at radius 3 is 2.52 bits per heavy atom. The van der Waals surface area contributed by atoms with Gasteiger partial charge in [-0.05, 0) is 50.3 Å². The van der Waals surface area contributed by atoms with E-state index in [0.717, 1.165) is 18.4 Å². The molecule has 7 heteroatoms. The molecule has 0 fully saturated rings. The van der Waals surface area contributed by atoms with Gasteiger partial charge in [0.25, 0.3) is 0 Å². The predicted molar refractivity (Wildman–Crippen MR) is 85.5 cm³/mol. The quantitative estimate of drug-likeness (QED) is 0.785. The molecular weight excluding hydrogens is 333 g/mol. The number of alkyl halides is 3. The molecule has 1 aromatic carbocycles. The van der Waals surface area contributed by atoms with Crippen molar-refractivity contribution in [2.24, 2.45) is 0 Å². The second-order valence-electron chi connectivity index (χ2n) is 6.04. The molecule has 1 aliphatic rings. The van der Waals surface area contributed by atoms with E-state index in [2.05, 4.69) is 5.10 Å². The van der Waals surface area contributed by atoms with E-state index in [-0.39, 0.29) is 12.4 Å². The number of nitrogens with zero attached hydrogens (tertiary/aromatic N) is 2. The largest absolute Gasteiger partial charge is 0.466 e. The van der Waals surface area contributed by atoms with Gasteiger partial charge in [-0.25, -0.2) is 4.68 Å². The molecule has 134 valence electrons. The van der Waals surface area contributed by atoms with Gasteiger partial charge in [-0.3, -0.25) is 4.79 Å². The molecule has 0 atom stereocenters. The van der Waals surface area contributed by atoms with Crippen molar-refractivity contribution in [3.05, 3.63) is 46.8 Å². The van der Waals surface area contributed by atoms with Crippen LogP contribution in [0.4, 0.5) is 13.2 Å². The molecule has 1 aliphatic carbocycles. The van der Waals surface area contributed by atoms with E-state index in [1.165, 1.54) is 4.68 Å². The minimum absolute atomic E-state index is 0.138. The lowest BCUT2D eigenvalue weighted by atomic mass is 9.95. The molecule has 0 unspecified atom stereocenters. The van der Waals surface area contributed by atoms with Crippen LogP contribution in [0.5, 0.6) is 0 Å². The van der Waals surface area contributed by atoms with Crippen molar-refractivity contribution in [2.45, 2.75) is 45.2 Å². The van der Waals surface area contributed by atoms with E-state index < -0.39 is 11.9 Å². The zero-order chi connectivity index (χ0) is 18.0. The molecular formula is C18H19F3N2O2. The fourth-order valence-electron chi connectivity index (χ4n) is 3.17.